The van der Waals surface area contributed by atoms with E-state index in [2.05, 4.69) is 24.0 Å². The van der Waals surface area contributed by atoms with Crippen molar-refractivity contribution in [2.75, 3.05) is 7.11 Å². The van der Waals surface area contributed by atoms with Crippen LogP contribution in [0.3, 0.4) is 0 Å². The number of hydrogen-bond donors (Lipinski definition) is 2. The van der Waals surface area contributed by atoms with Gasteiger partial charge in [-0.1, -0.05) is 48.5 Å². The van der Waals surface area contributed by atoms with Crippen molar-refractivity contribution in [1.82, 2.24) is 9.55 Å². The van der Waals surface area contributed by atoms with Gasteiger partial charge in [0.25, 0.3) is 0 Å². The highest BCUT2D eigenvalue weighted by Gasteiger charge is 2.28. The second-order valence-corrected chi connectivity index (χ2v) is 7.89. The predicted octanol–water partition coefficient (Wildman–Crippen LogP) is 5.12. The quantitative estimate of drug-likeness (QED) is 0.620. The van der Waals surface area contributed by atoms with Crippen molar-refractivity contribution in [3.63, 3.8) is 0 Å². The number of halogens is 1. The molecule has 2 heterocycles. The number of phenols is 1. The van der Waals surface area contributed by atoms with Gasteiger partial charge in [0.15, 0.2) is 22.9 Å². The number of aromatic nitrogens is 2. The standard InChI is InChI=1S/C21H19ClN2O3S/c1-3-12-5-4-6-14(7-12)16-11-24-20(26)18(28-21(24)23-16)10-13-8-15(22)19(25)17(9-13)27-2/h4-11,20,25-26H,3H2,1-2H3/b18-10-. The lowest BCUT2D eigenvalue weighted by atomic mass is 10.1. The summed E-state index contributed by atoms with van der Waals surface area (Å²) in [5.74, 6) is 0.186. The topological polar surface area (TPSA) is 67.5 Å². The van der Waals surface area contributed by atoms with E-state index in [0.717, 1.165) is 33.3 Å². The molecule has 4 rings (SSSR count). The Hall–Kier alpha value is -2.41. The van der Waals surface area contributed by atoms with Crippen LogP contribution >= 0.6 is 23.4 Å². The number of rotatable bonds is 4. The first-order valence-electron chi connectivity index (χ1n) is 8.82. The van der Waals surface area contributed by atoms with E-state index in [9.17, 15) is 10.2 Å². The largest absolute Gasteiger partial charge is 0.503 e. The average Bonchev–Trinajstić information content (AvgIpc) is 3.24. The number of ether oxygens (including phenoxy) is 1. The van der Waals surface area contributed by atoms with Crippen LogP contribution in [0.1, 0.15) is 24.3 Å². The number of aryl methyl sites for hydroxylation is 1. The second-order valence-electron chi connectivity index (χ2n) is 6.45. The molecule has 7 heteroatoms. The number of hydrogen-bond acceptors (Lipinski definition) is 5. The third-order valence-electron chi connectivity index (χ3n) is 4.64. The molecule has 0 amide bonds. The molecule has 0 spiro atoms. The molecular formula is C21H19ClN2O3S. The Labute approximate surface area is 172 Å². The zero-order chi connectivity index (χ0) is 19.8. The summed E-state index contributed by atoms with van der Waals surface area (Å²) in [6.07, 6.45) is 3.82. The first kappa shape index (κ1) is 18.9. The van der Waals surface area contributed by atoms with Gasteiger partial charge in [-0.15, -0.1) is 0 Å². The van der Waals surface area contributed by atoms with Gasteiger partial charge in [0.2, 0.25) is 0 Å². The SMILES string of the molecule is CCc1cccc(-c2cn3c(n2)S/C(=C\c2cc(Cl)c(O)c(OC)c2)C3O)c1. The van der Waals surface area contributed by atoms with Gasteiger partial charge < -0.3 is 14.9 Å². The van der Waals surface area contributed by atoms with Crippen LogP contribution in [-0.4, -0.2) is 26.9 Å². The van der Waals surface area contributed by atoms with E-state index < -0.39 is 6.23 Å². The number of aliphatic hydroxyl groups excluding tert-OH is 1. The number of thioether (sulfide) groups is 1. The van der Waals surface area contributed by atoms with Gasteiger partial charge in [-0.2, -0.15) is 0 Å². The maximum atomic E-state index is 10.7. The number of imidazole rings is 1. The lowest BCUT2D eigenvalue weighted by molar-refractivity contribution is 0.147. The van der Waals surface area contributed by atoms with Gasteiger partial charge in [-0.25, -0.2) is 4.98 Å². The molecule has 0 radical (unpaired) electrons. The number of phenolic OH excluding ortho intramolecular Hbond substituents is 1. The van der Waals surface area contributed by atoms with Crippen LogP contribution in [0.25, 0.3) is 17.3 Å². The van der Waals surface area contributed by atoms with Crippen LogP contribution in [0.4, 0.5) is 0 Å². The van der Waals surface area contributed by atoms with Crippen molar-refractivity contribution in [3.8, 4) is 22.8 Å². The highest BCUT2D eigenvalue weighted by atomic mass is 35.5. The van der Waals surface area contributed by atoms with Crippen molar-refractivity contribution < 1.29 is 14.9 Å². The summed E-state index contributed by atoms with van der Waals surface area (Å²) >= 11 is 7.46. The minimum atomic E-state index is -0.825. The lowest BCUT2D eigenvalue weighted by Crippen LogP contribution is -2.02. The molecule has 1 unspecified atom stereocenters. The van der Waals surface area contributed by atoms with Crippen LogP contribution in [0, 0.1) is 0 Å². The van der Waals surface area contributed by atoms with E-state index in [1.54, 1.807) is 16.7 Å². The molecule has 1 aliphatic rings. The minimum Gasteiger partial charge on any atom is -0.503 e. The number of aromatic hydroxyl groups is 1. The Morgan fingerprint density at radius 1 is 1.32 bits per heavy atom. The van der Waals surface area contributed by atoms with Crippen LogP contribution < -0.4 is 4.74 Å². The number of benzene rings is 2. The molecule has 144 valence electrons. The third-order valence-corrected chi connectivity index (χ3v) is 5.97. The molecule has 1 aliphatic heterocycles. The maximum Gasteiger partial charge on any atom is 0.176 e. The smallest absolute Gasteiger partial charge is 0.176 e. The van der Waals surface area contributed by atoms with Crippen molar-refractivity contribution in [2.24, 2.45) is 0 Å². The first-order valence-corrected chi connectivity index (χ1v) is 10.0. The zero-order valence-corrected chi connectivity index (χ0v) is 17.0. The lowest BCUT2D eigenvalue weighted by Gasteiger charge is -2.09. The number of nitrogens with zero attached hydrogens (tertiary/aromatic N) is 2. The van der Waals surface area contributed by atoms with Crippen LogP contribution in [0.15, 0.2) is 52.7 Å². The minimum absolute atomic E-state index is 0.0992. The molecule has 0 saturated heterocycles. The molecule has 2 aromatic carbocycles. The van der Waals surface area contributed by atoms with Crippen molar-refractivity contribution >= 4 is 29.4 Å². The van der Waals surface area contributed by atoms with E-state index in [1.165, 1.54) is 24.4 Å². The van der Waals surface area contributed by atoms with Gasteiger partial charge in [0, 0.05) is 16.7 Å². The van der Waals surface area contributed by atoms with Crippen molar-refractivity contribution in [1.29, 1.82) is 0 Å². The van der Waals surface area contributed by atoms with E-state index >= 15 is 0 Å². The van der Waals surface area contributed by atoms with E-state index in [4.69, 9.17) is 16.3 Å². The van der Waals surface area contributed by atoms with Gasteiger partial charge in [0.05, 0.1) is 17.8 Å². The molecule has 5 nitrogen and oxygen atoms in total. The number of aliphatic hydroxyl groups is 1. The average molecular weight is 415 g/mol. The van der Waals surface area contributed by atoms with E-state index in [-0.39, 0.29) is 16.5 Å². The number of methoxy groups -OCH3 is 1. The monoisotopic (exact) mass is 414 g/mol. The van der Waals surface area contributed by atoms with Crippen LogP contribution in [-0.2, 0) is 6.42 Å². The molecule has 28 heavy (non-hydrogen) atoms. The predicted molar refractivity (Wildman–Crippen MR) is 112 cm³/mol. The number of fused-ring (bicyclic) bond motifs is 1. The summed E-state index contributed by atoms with van der Waals surface area (Å²) in [4.78, 5) is 5.40. The summed E-state index contributed by atoms with van der Waals surface area (Å²) < 4.78 is 6.89. The maximum absolute atomic E-state index is 10.7. The summed E-state index contributed by atoms with van der Waals surface area (Å²) in [5.41, 5.74) is 3.85. The van der Waals surface area contributed by atoms with Gasteiger partial charge in [-0.05, 0) is 41.8 Å². The fraction of sp³-hybridized carbons (Fsp3) is 0.190. The normalized spacial score (nSPS) is 17.1. The van der Waals surface area contributed by atoms with Crippen LogP contribution in [0.5, 0.6) is 11.5 Å². The highest BCUT2D eigenvalue weighted by molar-refractivity contribution is 8.03. The fourth-order valence-corrected chi connectivity index (χ4v) is 4.36. The molecule has 2 N–H and O–H groups in total. The highest BCUT2D eigenvalue weighted by Crippen LogP contribution is 2.45. The second kappa shape index (κ2) is 7.54. The third kappa shape index (κ3) is 3.39. The molecule has 0 aliphatic carbocycles. The Bertz CT molecular complexity index is 1080. The van der Waals surface area contributed by atoms with Gasteiger partial charge in [0.1, 0.15) is 0 Å². The molecule has 0 saturated carbocycles. The first-order chi connectivity index (χ1) is 13.5. The van der Waals surface area contributed by atoms with Gasteiger partial charge in [-0.3, -0.25) is 4.57 Å². The Kier molecular flexibility index (Phi) is 5.10. The Morgan fingerprint density at radius 2 is 2.14 bits per heavy atom. The molecule has 3 aromatic rings. The van der Waals surface area contributed by atoms with Gasteiger partial charge >= 0.3 is 0 Å². The summed E-state index contributed by atoms with van der Waals surface area (Å²) in [7, 11) is 1.46. The molecular weight excluding hydrogens is 396 g/mol. The molecule has 1 atom stereocenters. The fourth-order valence-electron chi connectivity index (χ4n) is 3.11. The Balaban J connectivity index is 1.64. The molecule has 1 aromatic heterocycles. The van der Waals surface area contributed by atoms with E-state index in [1.807, 2.05) is 24.4 Å². The molecule has 0 bridgehead atoms. The Morgan fingerprint density at radius 3 is 2.86 bits per heavy atom. The summed E-state index contributed by atoms with van der Waals surface area (Å²) in [6.45, 7) is 2.12. The van der Waals surface area contributed by atoms with Crippen molar-refractivity contribution in [3.05, 3.63) is 63.6 Å². The summed E-state index contributed by atoms with van der Waals surface area (Å²) in [6, 6.07) is 11.6. The van der Waals surface area contributed by atoms with Crippen LogP contribution in [0.2, 0.25) is 5.02 Å². The molecule has 0 fully saturated rings. The zero-order valence-electron chi connectivity index (χ0n) is 15.4. The van der Waals surface area contributed by atoms with E-state index in [0.29, 0.717) is 0 Å². The summed E-state index contributed by atoms with van der Waals surface area (Å²) in [5, 5.41) is 21.5. The van der Waals surface area contributed by atoms with Crippen molar-refractivity contribution in [2.45, 2.75) is 24.7 Å².